The highest BCUT2D eigenvalue weighted by Crippen LogP contribution is 2.33. The van der Waals surface area contributed by atoms with Gasteiger partial charge in [0, 0.05) is 23.9 Å². The van der Waals surface area contributed by atoms with Crippen molar-refractivity contribution in [3.05, 3.63) is 106 Å². The van der Waals surface area contributed by atoms with Crippen LogP contribution in [0.1, 0.15) is 21.6 Å². The van der Waals surface area contributed by atoms with Crippen LogP contribution in [0, 0.1) is 18.6 Å². The molecule has 5 aromatic rings. The fraction of sp³-hybridized carbons (Fsp3) is 0.138. The number of pyridine rings is 2. The first-order valence-corrected chi connectivity index (χ1v) is 12.0. The molecule has 0 bridgehead atoms. The van der Waals surface area contributed by atoms with Crippen LogP contribution in [-0.4, -0.2) is 39.5 Å². The Kier molecular flexibility index (Phi) is 7.19. The molecule has 0 amide bonds. The van der Waals surface area contributed by atoms with E-state index in [1.54, 1.807) is 19.1 Å². The minimum atomic E-state index is -0.745. The summed E-state index contributed by atoms with van der Waals surface area (Å²) in [7, 11) is 2.89. The van der Waals surface area contributed by atoms with E-state index in [1.165, 1.54) is 67.6 Å². The lowest BCUT2D eigenvalue weighted by Crippen LogP contribution is -2.27. The maximum Gasteiger partial charge on any atom is 0.266 e. The molecule has 202 valence electrons. The molecule has 0 saturated heterocycles. The van der Waals surface area contributed by atoms with Gasteiger partial charge in [0.15, 0.2) is 28.6 Å². The molecule has 0 spiro atoms. The number of Topliss-reactive ketones (excluding diaryl/α,β-unsaturated/α-hetero) is 1. The molecular formula is C29H22F2N4O5. The molecule has 3 aromatic heterocycles. The molecule has 0 fully saturated rings. The lowest BCUT2D eigenvalue weighted by atomic mass is 10.0. The molecule has 0 N–H and O–H groups in total. The average Bonchev–Trinajstić information content (AvgIpc) is 2.94. The molecule has 9 nitrogen and oxygen atoms in total. The number of carbonyl (C=O) groups is 1. The number of aryl methyl sites for hydroxylation is 1. The highest BCUT2D eigenvalue weighted by Gasteiger charge is 2.18. The van der Waals surface area contributed by atoms with E-state index in [0.29, 0.717) is 28.2 Å². The van der Waals surface area contributed by atoms with Gasteiger partial charge in [-0.15, -0.1) is 0 Å². The highest BCUT2D eigenvalue weighted by atomic mass is 19.1. The van der Waals surface area contributed by atoms with Crippen LogP contribution in [0.4, 0.5) is 8.78 Å². The summed E-state index contributed by atoms with van der Waals surface area (Å²) in [5, 5.41) is 0. The quantitative estimate of drug-likeness (QED) is 0.252. The third-order valence-electron chi connectivity index (χ3n) is 6.15. The number of methoxy groups -OCH3 is 2. The normalized spacial score (nSPS) is 10.9. The number of nitrogens with zero attached hydrogens (tertiary/aromatic N) is 4. The SMILES string of the molecule is COc1cc2ncnc(Oc3ccc(CC(=O)c4ccc(C)n(-c5ccc(F)cc5)c4=O)cc3F)c2nc1OC. The highest BCUT2D eigenvalue weighted by molar-refractivity contribution is 5.97. The van der Waals surface area contributed by atoms with Crippen molar-refractivity contribution in [1.82, 2.24) is 19.5 Å². The van der Waals surface area contributed by atoms with Gasteiger partial charge in [-0.1, -0.05) is 6.07 Å². The summed E-state index contributed by atoms with van der Waals surface area (Å²) in [5.41, 5.74) is 1.34. The van der Waals surface area contributed by atoms with Crippen molar-refractivity contribution in [3.8, 4) is 28.9 Å². The van der Waals surface area contributed by atoms with Crippen LogP contribution in [0.3, 0.4) is 0 Å². The van der Waals surface area contributed by atoms with Gasteiger partial charge in [-0.3, -0.25) is 14.2 Å². The van der Waals surface area contributed by atoms with Gasteiger partial charge in [-0.2, -0.15) is 4.98 Å². The summed E-state index contributed by atoms with van der Waals surface area (Å²) in [6, 6.07) is 14.1. The minimum Gasteiger partial charge on any atom is -0.491 e. The molecule has 0 aliphatic heterocycles. The van der Waals surface area contributed by atoms with Crippen LogP contribution in [0.25, 0.3) is 16.7 Å². The fourth-order valence-corrected chi connectivity index (χ4v) is 4.17. The second-order valence-electron chi connectivity index (χ2n) is 8.72. The van der Waals surface area contributed by atoms with Gasteiger partial charge < -0.3 is 14.2 Å². The van der Waals surface area contributed by atoms with Crippen molar-refractivity contribution >= 4 is 16.8 Å². The predicted octanol–water partition coefficient (Wildman–Crippen LogP) is 5.00. The second-order valence-corrected chi connectivity index (χ2v) is 8.72. The zero-order chi connectivity index (χ0) is 28.4. The molecule has 2 aromatic carbocycles. The maximum absolute atomic E-state index is 15.1. The number of hydrogen-bond acceptors (Lipinski definition) is 8. The monoisotopic (exact) mass is 544 g/mol. The van der Waals surface area contributed by atoms with E-state index in [2.05, 4.69) is 15.0 Å². The number of ketones is 1. The number of ether oxygens (including phenoxy) is 3. The Morgan fingerprint density at radius 2 is 1.68 bits per heavy atom. The summed E-state index contributed by atoms with van der Waals surface area (Å²) in [6.07, 6.45) is 1.02. The molecular weight excluding hydrogens is 522 g/mol. The summed E-state index contributed by atoms with van der Waals surface area (Å²) >= 11 is 0. The first-order chi connectivity index (χ1) is 19.3. The van der Waals surface area contributed by atoms with E-state index in [9.17, 15) is 14.0 Å². The van der Waals surface area contributed by atoms with E-state index in [-0.39, 0.29) is 35.0 Å². The number of benzene rings is 2. The summed E-state index contributed by atoms with van der Waals surface area (Å²) in [5.74, 6) is -1.31. The van der Waals surface area contributed by atoms with Crippen LogP contribution in [0.15, 0.2) is 71.8 Å². The molecule has 0 saturated carbocycles. The third-order valence-corrected chi connectivity index (χ3v) is 6.15. The van der Waals surface area contributed by atoms with Crippen molar-refractivity contribution in [3.63, 3.8) is 0 Å². The molecule has 40 heavy (non-hydrogen) atoms. The van der Waals surface area contributed by atoms with Gasteiger partial charge in [0.25, 0.3) is 11.4 Å². The topological polar surface area (TPSA) is 105 Å². The Bertz CT molecular complexity index is 1810. The van der Waals surface area contributed by atoms with Crippen LogP contribution >= 0.6 is 0 Å². The summed E-state index contributed by atoms with van der Waals surface area (Å²) in [6.45, 7) is 1.70. The van der Waals surface area contributed by atoms with Crippen LogP contribution < -0.4 is 19.8 Å². The summed E-state index contributed by atoms with van der Waals surface area (Å²) < 4.78 is 45.9. The predicted molar refractivity (Wildman–Crippen MR) is 142 cm³/mol. The van der Waals surface area contributed by atoms with Crippen LogP contribution in [-0.2, 0) is 6.42 Å². The second kappa shape index (κ2) is 10.9. The molecule has 3 heterocycles. The third kappa shape index (κ3) is 5.08. The molecule has 0 atom stereocenters. The molecule has 11 heteroatoms. The van der Waals surface area contributed by atoms with E-state index >= 15 is 4.39 Å². The standard InChI is InChI=1S/C29H22F2N4O5/c1-16-4-10-20(29(37)35(16)19-8-6-18(30)7-9-19)23(36)13-17-5-11-24(21(31)12-17)40-28-26-22(32-15-33-28)14-25(38-2)27(34-26)39-3/h4-12,14-15H,13H2,1-3H3. The smallest absolute Gasteiger partial charge is 0.266 e. The zero-order valence-electron chi connectivity index (χ0n) is 21.6. The van der Waals surface area contributed by atoms with E-state index in [0.717, 1.165) is 6.07 Å². The van der Waals surface area contributed by atoms with Gasteiger partial charge >= 0.3 is 0 Å². The zero-order valence-corrected chi connectivity index (χ0v) is 21.6. The number of carbonyl (C=O) groups excluding carboxylic acids is 1. The molecule has 0 aliphatic carbocycles. The van der Waals surface area contributed by atoms with Gasteiger partial charge in [0.05, 0.1) is 19.8 Å². The van der Waals surface area contributed by atoms with Crippen molar-refractivity contribution in [2.24, 2.45) is 0 Å². The Balaban J connectivity index is 1.40. The number of aromatic nitrogens is 4. The lowest BCUT2D eigenvalue weighted by molar-refractivity contribution is 0.0991. The number of rotatable bonds is 8. The van der Waals surface area contributed by atoms with Gasteiger partial charge in [-0.05, 0) is 61.0 Å². The maximum atomic E-state index is 15.1. The lowest BCUT2D eigenvalue weighted by Gasteiger charge is -2.12. The Morgan fingerprint density at radius 1 is 0.900 bits per heavy atom. The number of fused-ring (bicyclic) bond motifs is 1. The average molecular weight is 545 g/mol. The summed E-state index contributed by atoms with van der Waals surface area (Å²) in [4.78, 5) is 38.7. The largest absolute Gasteiger partial charge is 0.491 e. The van der Waals surface area contributed by atoms with Gasteiger partial charge in [-0.25, -0.2) is 18.7 Å². The molecule has 0 aliphatic rings. The van der Waals surface area contributed by atoms with Crippen molar-refractivity contribution in [2.75, 3.05) is 14.2 Å². The van der Waals surface area contributed by atoms with Crippen molar-refractivity contribution < 1.29 is 27.8 Å². The first kappa shape index (κ1) is 26.4. The Morgan fingerprint density at radius 3 is 2.38 bits per heavy atom. The van der Waals surface area contributed by atoms with Gasteiger partial charge in [0.1, 0.15) is 17.7 Å². The minimum absolute atomic E-state index is 0.00493. The van der Waals surface area contributed by atoms with Gasteiger partial charge in [0.2, 0.25) is 5.88 Å². The molecule has 5 rings (SSSR count). The van der Waals surface area contributed by atoms with E-state index in [4.69, 9.17) is 14.2 Å². The van der Waals surface area contributed by atoms with Crippen molar-refractivity contribution in [2.45, 2.75) is 13.3 Å². The van der Waals surface area contributed by atoms with E-state index < -0.39 is 23.0 Å². The molecule has 0 unspecified atom stereocenters. The van der Waals surface area contributed by atoms with Crippen molar-refractivity contribution in [1.29, 1.82) is 0 Å². The van der Waals surface area contributed by atoms with E-state index in [1.807, 2.05) is 0 Å². The number of hydrogen-bond donors (Lipinski definition) is 0. The Hall–Kier alpha value is -5.19. The Labute approximate surface area is 226 Å². The van der Waals surface area contributed by atoms with Crippen LogP contribution in [0.2, 0.25) is 0 Å². The first-order valence-electron chi connectivity index (χ1n) is 12.0. The number of halogens is 2. The molecule has 0 radical (unpaired) electrons. The fourth-order valence-electron chi connectivity index (χ4n) is 4.17. The van der Waals surface area contributed by atoms with Crippen LogP contribution in [0.5, 0.6) is 23.3 Å².